The maximum atomic E-state index is 4.59. The number of unbranched alkanes of at least 4 members (excludes halogenated alkanes) is 1. The predicted molar refractivity (Wildman–Crippen MR) is 86.3 cm³/mol. The first-order valence-corrected chi connectivity index (χ1v) is 7.38. The van der Waals surface area contributed by atoms with E-state index in [9.17, 15) is 0 Å². The van der Waals surface area contributed by atoms with Crippen LogP contribution in [0.5, 0.6) is 0 Å². The summed E-state index contributed by atoms with van der Waals surface area (Å²) in [5.41, 5.74) is 6.26. The molecule has 0 amide bonds. The molecule has 0 fully saturated rings. The van der Waals surface area contributed by atoms with E-state index in [-0.39, 0.29) is 0 Å². The minimum Gasteiger partial charge on any atom is -0.388 e. The van der Waals surface area contributed by atoms with E-state index in [0.29, 0.717) is 0 Å². The van der Waals surface area contributed by atoms with Gasteiger partial charge in [0, 0.05) is 24.1 Å². The molecule has 2 aromatic rings. The van der Waals surface area contributed by atoms with Gasteiger partial charge in [-0.15, -0.1) is 0 Å². The average Bonchev–Trinajstić information content (AvgIpc) is 2.43. The van der Waals surface area contributed by atoms with Crippen molar-refractivity contribution in [2.24, 2.45) is 0 Å². The molecule has 0 saturated heterocycles. The Labute approximate surface area is 122 Å². The average molecular weight is 268 g/mol. The molecule has 1 aromatic heterocycles. The van der Waals surface area contributed by atoms with Gasteiger partial charge in [0.25, 0.3) is 0 Å². The van der Waals surface area contributed by atoms with Crippen molar-refractivity contribution in [3.8, 4) is 0 Å². The first-order valence-electron chi connectivity index (χ1n) is 7.38. The van der Waals surface area contributed by atoms with E-state index in [1.807, 2.05) is 7.05 Å². The van der Waals surface area contributed by atoms with Crippen LogP contribution in [0.25, 0.3) is 0 Å². The van der Waals surface area contributed by atoms with Crippen LogP contribution in [-0.4, -0.2) is 12.0 Å². The number of hydrogen-bond acceptors (Lipinski definition) is 2. The van der Waals surface area contributed by atoms with Gasteiger partial charge >= 0.3 is 0 Å². The number of rotatable bonds is 6. The van der Waals surface area contributed by atoms with Crippen LogP contribution in [0.3, 0.4) is 0 Å². The highest BCUT2D eigenvalue weighted by molar-refractivity contribution is 5.43. The number of anilines is 1. The van der Waals surface area contributed by atoms with Gasteiger partial charge in [-0.25, -0.2) is 0 Å². The predicted octanol–water partition coefficient (Wildman–Crippen LogP) is 4.31. The SMILES string of the molecule is CNc1ccc(CCCCc2cc(C)cc(C)n2)cc1. The van der Waals surface area contributed by atoms with E-state index in [1.54, 1.807) is 0 Å². The Hall–Kier alpha value is -1.83. The summed E-state index contributed by atoms with van der Waals surface area (Å²) in [6.45, 7) is 4.21. The van der Waals surface area contributed by atoms with Gasteiger partial charge in [0.2, 0.25) is 0 Å². The van der Waals surface area contributed by atoms with Crippen molar-refractivity contribution < 1.29 is 0 Å². The molecule has 106 valence electrons. The van der Waals surface area contributed by atoms with Crippen LogP contribution in [0.15, 0.2) is 36.4 Å². The van der Waals surface area contributed by atoms with Crippen LogP contribution in [0, 0.1) is 13.8 Å². The Morgan fingerprint density at radius 1 is 0.950 bits per heavy atom. The maximum absolute atomic E-state index is 4.59. The second-order valence-electron chi connectivity index (χ2n) is 5.43. The van der Waals surface area contributed by atoms with Gasteiger partial charge < -0.3 is 5.32 Å². The first-order chi connectivity index (χ1) is 9.67. The van der Waals surface area contributed by atoms with Crippen LogP contribution in [-0.2, 0) is 12.8 Å². The molecule has 0 saturated carbocycles. The number of aryl methyl sites for hydroxylation is 4. The van der Waals surface area contributed by atoms with E-state index in [2.05, 4.69) is 60.5 Å². The van der Waals surface area contributed by atoms with E-state index >= 15 is 0 Å². The highest BCUT2D eigenvalue weighted by Crippen LogP contribution is 2.13. The summed E-state index contributed by atoms with van der Waals surface area (Å²) in [5, 5.41) is 3.15. The van der Waals surface area contributed by atoms with Gasteiger partial charge in [-0.05, 0) is 74.9 Å². The Morgan fingerprint density at radius 2 is 1.65 bits per heavy atom. The largest absolute Gasteiger partial charge is 0.388 e. The zero-order chi connectivity index (χ0) is 14.4. The molecule has 0 aliphatic heterocycles. The summed E-state index contributed by atoms with van der Waals surface area (Å²) in [7, 11) is 1.95. The third kappa shape index (κ3) is 4.37. The number of pyridine rings is 1. The standard InChI is InChI=1S/C18H24N2/c1-14-12-15(2)20-18(13-14)7-5-4-6-16-8-10-17(19-3)11-9-16/h8-13,19H,4-7H2,1-3H3. The minimum absolute atomic E-state index is 1.08. The smallest absolute Gasteiger partial charge is 0.0409 e. The molecule has 2 rings (SSSR count). The third-order valence-electron chi connectivity index (χ3n) is 3.54. The lowest BCUT2D eigenvalue weighted by atomic mass is 10.0. The van der Waals surface area contributed by atoms with Gasteiger partial charge in [0.05, 0.1) is 0 Å². The highest BCUT2D eigenvalue weighted by atomic mass is 14.8. The normalized spacial score (nSPS) is 10.6. The van der Waals surface area contributed by atoms with Crippen LogP contribution < -0.4 is 5.32 Å². The molecule has 1 aromatic carbocycles. The van der Waals surface area contributed by atoms with Crippen molar-refractivity contribution in [2.45, 2.75) is 39.5 Å². The quantitative estimate of drug-likeness (QED) is 0.790. The lowest BCUT2D eigenvalue weighted by Crippen LogP contribution is -1.95. The lowest BCUT2D eigenvalue weighted by molar-refractivity contribution is 0.720. The summed E-state index contributed by atoms with van der Waals surface area (Å²) in [4.78, 5) is 4.59. The molecule has 0 aliphatic rings. The van der Waals surface area contributed by atoms with Crippen molar-refractivity contribution >= 4 is 5.69 Å². The van der Waals surface area contributed by atoms with Crippen LogP contribution in [0.1, 0.15) is 35.4 Å². The number of aromatic nitrogens is 1. The fourth-order valence-corrected chi connectivity index (χ4v) is 2.53. The summed E-state index contributed by atoms with van der Waals surface area (Å²) >= 11 is 0. The zero-order valence-electron chi connectivity index (χ0n) is 12.7. The summed E-state index contributed by atoms with van der Waals surface area (Å²) < 4.78 is 0. The zero-order valence-corrected chi connectivity index (χ0v) is 12.7. The number of hydrogen-bond donors (Lipinski definition) is 1. The summed E-state index contributed by atoms with van der Waals surface area (Å²) in [6, 6.07) is 13.0. The molecule has 0 bridgehead atoms. The van der Waals surface area contributed by atoms with Crippen molar-refractivity contribution in [3.63, 3.8) is 0 Å². The second kappa shape index (κ2) is 7.09. The highest BCUT2D eigenvalue weighted by Gasteiger charge is 1.99. The Bertz CT molecular complexity index is 524. The summed E-state index contributed by atoms with van der Waals surface area (Å²) in [6.07, 6.45) is 4.64. The molecule has 20 heavy (non-hydrogen) atoms. The Kier molecular flexibility index (Phi) is 5.16. The molecule has 1 heterocycles. The number of benzene rings is 1. The monoisotopic (exact) mass is 268 g/mol. The molecule has 0 spiro atoms. The molecule has 2 nitrogen and oxygen atoms in total. The minimum atomic E-state index is 1.08. The Morgan fingerprint density at radius 3 is 2.30 bits per heavy atom. The van der Waals surface area contributed by atoms with E-state index in [0.717, 1.165) is 18.5 Å². The lowest BCUT2D eigenvalue weighted by Gasteiger charge is -2.05. The van der Waals surface area contributed by atoms with Gasteiger partial charge in [0.15, 0.2) is 0 Å². The molecule has 0 aliphatic carbocycles. The van der Waals surface area contributed by atoms with Crippen molar-refractivity contribution in [1.82, 2.24) is 4.98 Å². The van der Waals surface area contributed by atoms with E-state index in [4.69, 9.17) is 0 Å². The van der Waals surface area contributed by atoms with Gasteiger partial charge in [-0.3, -0.25) is 4.98 Å². The van der Waals surface area contributed by atoms with Crippen LogP contribution in [0.2, 0.25) is 0 Å². The number of nitrogens with one attached hydrogen (secondary N) is 1. The maximum Gasteiger partial charge on any atom is 0.0409 e. The molecular formula is C18H24N2. The fourth-order valence-electron chi connectivity index (χ4n) is 2.53. The Balaban J connectivity index is 1.78. The van der Waals surface area contributed by atoms with Crippen LogP contribution in [0.4, 0.5) is 5.69 Å². The summed E-state index contributed by atoms with van der Waals surface area (Å²) in [5.74, 6) is 0. The fraction of sp³-hybridized carbons (Fsp3) is 0.389. The van der Waals surface area contributed by atoms with Crippen molar-refractivity contribution in [3.05, 3.63) is 58.9 Å². The molecule has 0 radical (unpaired) electrons. The van der Waals surface area contributed by atoms with Gasteiger partial charge in [0.1, 0.15) is 0 Å². The van der Waals surface area contributed by atoms with E-state index in [1.165, 1.54) is 35.3 Å². The van der Waals surface area contributed by atoms with E-state index < -0.39 is 0 Å². The molecular weight excluding hydrogens is 244 g/mol. The third-order valence-corrected chi connectivity index (χ3v) is 3.54. The molecule has 2 heteroatoms. The van der Waals surface area contributed by atoms with Crippen molar-refractivity contribution in [1.29, 1.82) is 0 Å². The number of nitrogens with zero attached hydrogens (tertiary/aromatic N) is 1. The van der Waals surface area contributed by atoms with Gasteiger partial charge in [-0.2, -0.15) is 0 Å². The van der Waals surface area contributed by atoms with Crippen LogP contribution >= 0.6 is 0 Å². The second-order valence-corrected chi connectivity index (χ2v) is 5.43. The molecule has 0 atom stereocenters. The first kappa shape index (κ1) is 14.6. The van der Waals surface area contributed by atoms with Crippen molar-refractivity contribution in [2.75, 3.05) is 12.4 Å². The molecule has 1 N–H and O–H groups in total. The van der Waals surface area contributed by atoms with Gasteiger partial charge in [-0.1, -0.05) is 12.1 Å². The molecule has 0 unspecified atom stereocenters. The topological polar surface area (TPSA) is 24.9 Å².